The second-order valence-electron chi connectivity index (χ2n) is 8.51. The Morgan fingerprint density at radius 2 is 2.06 bits per heavy atom. The summed E-state index contributed by atoms with van der Waals surface area (Å²) in [5.41, 5.74) is 4.89. The highest BCUT2D eigenvalue weighted by Gasteiger charge is 2.48. The van der Waals surface area contributed by atoms with Crippen molar-refractivity contribution in [3.05, 3.63) is 34.5 Å². The minimum absolute atomic E-state index is 0.0350. The van der Waals surface area contributed by atoms with Crippen molar-refractivity contribution < 1.29 is 36.6 Å². The summed E-state index contributed by atoms with van der Waals surface area (Å²) in [7, 11) is 0. The summed E-state index contributed by atoms with van der Waals surface area (Å²) < 4.78 is 68.6. The van der Waals surface area contributed by atoms with Crippen LogP contribution in [0.5, 0.6) is 0 Å². The Kier molecular flexibility index (Phi) is 6.81. The minimum Gasteiger partial charge on any atom is -0.368 e. The van der Waals surface area contributed by atoms with Crippen molar-refractivity contribution in [1.82, 2.24) is 19.8 Å². The van der Waals surface area contributed by atoms with Gasteiger partial charge in [0.25, 0.3) is 5.92 Å². The second kappa shape index (κ2) is 9.39. The maximum atomic E-state index is 13.8. The number of aliphatic hydroxyl groups excluding tert-OH is 1. The van der Waals surface area contributed by atoms with Crippen molar-refractivity contribution >= 4 is 23.2 Å². The van der Waals surface area contributed by atoms with Crippen LogP contribution in [0, 0.1) is 0 Å². The molecule has 2 aliphatic heterocycles. The molecule has 0 unspecified atom stereocenters. The smallest absolute Gasteiger partial charge is 0.368 e. The summed E-state index contributed by atoms with van der Waals surface area (Å²) >= 11 is 1.18. The van der Waals surface area contributed by atoms with E-state index in [1.54, 1.807) is 17.5 Å². The van der Waals surface area contributed by atoms with Crippen LogP contribution < -0.4 is 5.73 Å². The number of fused-ring (bicyclic) bond motifs is 1. The van der Waals surface area contributed by atoms with Gasteiger partial charge in [0.05, 0.1) is 17.1 Å². The Hall–Kier alpha value is -2.71. The summed E-state index contributed by atoms with van der Waals surface area (Å²) in [5, 5.41) is 11.5. The van der Waals surface area contributed by atoms with Gasteiger partial charge in [0.2, 0.25) is 11.8 Å². The van der Waals surface area contributed by atoms with Gasteiger partial charge in [-0.1, -0.05) is 6.07 Å². The van der Waals surface area contributed by atoms with Gasteiger partial charge in [-0.05, 0) is 17.9 Å². The maximum Gasteiger partial charge on any atom is 0.433 e. The van der Waals surface area contributed by atoms with Gasteiger partial charge < -0.3 is 20.6 Å². The zero-order valence-electron chi connectivity index (χ0n) is 18.3. The molecule has 4 heterocycles. The van der Waals surface area contributed by atoms with Crippen molar-refractivity contribution in [3.63, 3.8) is 0 Å². The van der Waals surface area contributed by atoms with Crippen molar-refractivity contribution in [1.29, 1.82) is 0 Å². The molecule has 0 spiro atoms. The molecule has 35 heavy (non-hydrogen) atoms. The molecule has 2 amide bonds. The van der Waals surface area contributed by atoms with E-state index >= 15 is 0 Å². The molecule has 0 aliphatic carbocycles. The summed E-state index contributed by atoms with van der Waals surface area (Å²) in [5.74, 6) is -4.80. The van der Waals surface area contributed by atoms with Crippen LogP contribution in [0.15, 0.2) is 17.5 Å². The number of likely N-dealkylation sites (tertiary alicyclic amines) is 1. The number of halogens is 5. The van der Waals surface area contributed by atoms with Crippen LogP contribution in [-0.4, -0.2) is 68.0 Å². The lowest BCUT2D eigenvalue weighted by atomic mass is 10.0. The molecular formula is C21H22F5N5O3S. The van der Waals surface area contributed by atoms with Gasteiger partial charge in [0, 0.05) is 44.0 Å². The number of thiophene rings is 1. The molecule has 3 N–H and O–H groups in total. The van der Waals surface area contributed by atoms with E-state index in [4.69, 9.17) is 5.73 Å². The van der Waals surface area contributed by atoms with Crippen molar-refractivity contribution in [2.75, 3.05) is 13.1 Å². The van der Waals surface area contributed by atoms with E-state index in [2.05, 4.69) is 9.97 Å². The van der Waals surface area contributed by atoms with E-state index in [9.17, 15) is 36.6 Å². The largest absolute Gasteiger partial charge is 0.433 e. The molecule has 0 radical (unpaired) electrons. The molecule has 2 aliphatic rings. The van der Waals surface area contributed by atoms with E-state index < -0.39 is 61.3 Å². The third kappa shape index (κ3) is 5.28. The number of hydrogen-bond acceptors (Lipinski definition) is 7. The average molecular weight is 519 g/mol. The predicted octanol–water partition coefficient (Wildman–Crippen LogP) is 2.40. The molecule has 2 aromatic heterocycles. The van der Waals surface area contributed by atoms with Crippen LogP contribution in [0.2, 0.25) is 0 Å². The van der Waals surface area contributed by atoms with Crippen LogP contribution in [0.1, 0.15) is 36.2 Å². The lowest BCUT2D eigenvalue weighted by Gasteiger charge is -2.38. The number of aliphatic hydroxyl groups is 1. The number of alkyl halides is 5. The Balaban J connectivity index is 1.48. The van der Waals surface area contributed by atoms with Gasteiger partial charge in [-0.15, -0.1) is 11.3 Å². The molecule has 0 saturated carbocycles. The average Bonchev–Trinajstić information content (AvgIpc) is 3.33. The third-order valence-corrected chi connectivity index (χ3v) is 6.83. The highest BCUT2D eigenvalue weighted by molar-refractivity contribution is 7.13. The number of piperidine rings is 1. The number of amides is 2. The third-order valence-electron chi connectivity index (χ3n) is 5.96. The van der Waals surface area contributed by atoms with E-state index in [1.165, 1.54) is 16.2 Å². The fourth-order valence-electron chi connectivity index (χ4n) is 4.18. The van der Waals surface area contributed by atoms with Crippen molar-refractivity contribution in [2.45, 2.75) is 56.6 Å². The first-order valence-corrected chi connectivity index (χ1v) is 11.6. The van der Waals surface area contributed by atoms with Crippen LogP contribution in [0.3, 0.4) is 0 Å². The highest BCUT2D eigenvalue weighted by atomic mass is 32.1. The van der Waals surface area contributed by atoms with E-state index in [1.807, 2.05) is 0 Å². The standard InChI is InChI=1S/C21H22F5N5O3S/c22-20(23)5-3-15(32)31(19(20)34)9-11(27)8-16(33)30-6-4-12-13(10-30)28-18(14-2-1-7-35-14)29-17(12)21(24,25)26/h1-2,7,11,19,34H,3-6,8-10,27H2/t11-,19+/m0/s1. The fourth-order valence-corrected chi connectivity index (χ4v) is 4.83. The molecule has 2 aromatic rings. The van der Waals surface area contributed by atoms with Crippen LogP contribution in [0.25, 0.3) is 10.7 Å². The van der Waals surface area contributed by atoms with E-state index in [0.29, 0.717) is 9.78 Å². The summed E-state index contributed by atoms with van der Waals surface area (Å²) in [4.78, 5) is 35.1. The number of nitrogens with zero attached hydrogens (tertiary/aromatic N) is 4. The van der Waals surface area contributed by atoms with E-state index in [0.717, 1.165) is 0 Å². The number of carbonyl (C=O) groups is 2. The SMILES string of the molecule is N[C@@H](CC(=O)N1CCc2c(nc(-c3cccs3)nc2C(F)(F)F)C1)CN1C(=O)CCC(F)(F)[C@H]1O. The van der Waals surface area contributed by atoms with Crippen LogP contribution >= 0.6 is 11.3 Å². The molecule has 4 rings (SSSR count). The monoisotopic (exact) mass is 519 g/mol. The number of carbonyl (C=O) groups excluding carboxylic acids is 2. The van der Waals surface area contributed by atoms with Gasteiger partial charge >= 0.3 is 6.18 Å². The molecular weight excluding hydrogens is 497 g/mol. The second-order valence-corrected chi connectivity index (χ2v) is 9.45. The Morgan fingerprint density at radius 1 is 1.31 bits per heavy atom. The lowest BCUT2D eigenvalue weighted by Crippen LogP contribution is -2.58. The zero-order chi connectivity index (χ0) is 25.5. The number of nitrogens with two attached hydrogens (primary N) is 1. The Morgan fingerprint density at radius 3 is 2.71 bits per heavy atom. The molecule has 0 aromatic carbocycles. The molecule has 14 heteroatoms. The van der Waals surface area contributed by atoms with Gasteiger partial charge in [-0.25, -0.2) is 18.7 Å². The van der Waals surface area contributed by atoms with Gasteiger partial charge in [-0.2, -0.15) is 13.2 Å². The Labute approximate surface area is 200 Å². The van der Waals surface area contributed by atoms with Gasteiger partial charge in [0.15, 0.2) is 17.7 Å². The van der Waals surface area contributed by atoms with E-state index in [-0.39, 0.29) is 43.0 Å². The van der Waals surface area contributed by atoms with Gasteiger partial charge in [0.1, 0.15) is 0 Å². The first kappa shape index (κ1) is 25.4. The lowest BCUT2D eigenvalue weighted by molar-refractivity contribution is -0.205. The number of rotatable bonds is 5. The first-order chi connectivity index (χ1) is 16.4. The topological polar surface area (TPSA) is 113 Å². The molecule has 8 nitrogen and oxygen atoms in total. The zero-order valence-corrected chi connectivity index (χ0v) is 19.1. The first-order valence-electron chi connectivity index (χ1n) is 10.8. The molecule has 190 valence electrons. The predicted molar refractivity (Wildman–Crippen MR) is 114 cm³/mol. The quantitative estimate of drug-likeness (QED) is 0.587. The van der Waals surface area contributed by atoms with Crippen molar-refractivity contribution in [3.8, 4) is 10.7 Å². The molecule has 0 bridgehead atoms. The van der Waals surface area contributed by atoms with Gasteiger partial charge in [-0.3, -0.25) is 9.59 Å². The normalized spacial score (nSPS) is 21.1. The summed E-state index contributed by atoms with van der Waals surface area (Å²) in [6.07, 6.45) is -8.74. The summed E-state index contributed by atoms with van der Waals surface area (Å²) in [6.45, 7) is -0.699. The van der Waals surface area contributed by atoms with Crippen LogP contribution in [-0.2, 0) is 28.7 Å². The molecule has 2 atom stereocenters. The molecule has 1 saturated heterocycles. The molecule has 1 fully saturated rings. The van der Waals surface area contributed by atoms with Crippen molar-refractivity contribution in [2.24, 2.45) is 5.73 Å². The minimum atomic E-state index is -4.70. The fraction of sp³-hybridized carbons (Fsp3) is 0.524. The highest BCUT2D eigenvalue weighted by Crippen LogP contribution is 2.36. The number of aromatic nitrogens is 2. The Bertz CT molecular complexity index is 1110. The maximum absolute atomic E-state index is 13.8. The summed E-state index contributed by atoms with van der Waals surface area (Å²) in [6, 6.07) is 2.19. The number of hydrogen-bond donors (Lipinski definition) is 2. The van der Waals surface area contributed by atoms with Crippen LogP contribution in [0.4, 0.5) is 22.0 Å².